The molecule has 8 nitrogen and oxygen atoms in total. The lowest BCUT2D eigenvalue weighted by Crippen LogP contribution is -2.60. The van der Waals surface area contributed by atoms with E-state index in [-0.39, 0.29) is 18.2 Å². The van der Waals surface area contributed by atoms with Gasteiger partial charge >= 0.3 is 0 Å². The Kier molecular flexibility index (Phi) is 4.39. The van der Waals surface area contributed by atoms with Crippen LogP contribution in [0, 0.1) is 0 Å². The zero-order chi connectivity index (χ0) is 19.2. The highest BCUT2D eigenvalue weighted by Crippen LogP contribution is 2.30. The van der Waals surface area contributed by atoms with Crippen LogP contribution in [-0.2, 0) is 16.1 Å². The molecule has 8 heteroatoms. The lowest BCUT2D eigenvalue weighted by molar-refractivity contribution is -0.136. The Balaban J connectivity index is 1.36. The van der Waals surface area contributed by atoms with Gasteiger partial charge in [0.05, 0.1) is 5.60 Å². The molecule has 1 aromatic rings. The SMILES string of the molecule is CC1(O)CN(CCOc2ccc3c(c2)CN(C2CCC(=O)NC2=O)C3=O)C1. The Morgan fingerprint density at radius 3 is 2.78 bits per heavy atom. The maximum absolute atomic E-state index is 12.6. The van der Waals surface area contributed by atoms with Crippen molar-refractivity contribution in [2.75, 3.05) is 26.2 Å². The number of carbonyl (C=O) groups excluding carboxylic acids is 3. The van der Waals surface area contributed by atoms with Gasteiger partial charge in [-0.3, -0.25) is 24.6 Å². The predicted octanol–water partition coefficient (Wildman–Crippen LogP) is -0.107. The van der Waals surface area contributed by atoms with Gasteiger partial charge < -0.3 is 14.7 Å². The van der Waals surface area contributed by atoms with Crippen LogP contribution in [0.3, 0.4) is 0 Å². The van der Waals surface area contributed by atoms with Crippen molar-refractivity contribution >= 4 is 17.7 Å². The molecule has 3 heterocycles. The van der Waals surface area contributed by atoms with Gasteiger partial charge in [0.2, 0.25) is 11.8 Å². The van der Waals surface area contributed by atoms with E-state index in [0.29, 0.717) is 44.0 Å². The van der Waals surface area contributed by atoms with E-state index in [4.69, 9.17) is 4.74 Å². The van der Waals surface area contributed by atoms with Crippen LogP contribution in [0.2, 0.25) is 0 Å². The molecule has 27 heavy (non-hydrogen) atoms. The zero-order valence-electron chi connectivity index (χ0n) is 15.2. The predicted molar refractivity (Wildman–Crippen MR) is 95.0 cm³/mol. The highest BCUT2D eigenvalue weighted by Gasteiger charge is 2.39. The Morgan fingerprint density at radius 1 is 1.30 bits per heavy atom. The third kappa shape index (κ3) is 3.54. The fourth-order valence-corrected chi connectivity index (χ4v) is 4.01. The lowest BCUT2D eigenvalue weighted by Gasteiger charge is -2.44. The van der Waals surface area contributed by atoms with Crippen molar-refractivity contribution in [3.63, 3.8) is 0 Å². The first-order valence-corrected chi connectivity index (χ1v) is 9.17. The number of aliphatic hydroxyl groups is 1. The molecule has 0 bridgehead atoms. The standard InChI is InChI=1S/C19H23N3O5/c1-19(26)10-21(11-19)6-7-27-13-2-3-14-12(8-13)9-22(18(14)25)15-4-5-16(23)20-17(15)24/h2-3,8,15,26H,4-7,9-11H2,1H3,(H,20,23,24). The van der Waals surface area contributed by atoms with Gasteiger partial charge in [0.1, 0.15) is 18.4 Å². The minimum atomic E-state index is -0.605. The molecule has 0 spiro atoms. The summed E-state index contributed by atoms with van der Waals surface area (Å²) in [5.74, 6) is -0.207. The number of nitrogens with zero attached hydrogens (tertiary/aromatic N) is 2. The van der Waals surface area contributed by atoms with E-state index < -0.39 is 17.6 Å². The van der Waals surface area contributed by atoms with E-state index in [1.807, 2.05) is 13.0 Å². The number of hydrogen-bond acceptors (Lipinski definition) is 6. The number of fused-ring (bicyclic) bond motifs is 1. The van der Waals surface area contributed by atoms with Gasteiger partial charge in [0, 0.05) is 38.2 Å². The molecule has 2 saturated heterocycles. The van der Waals surface area contributed by atoms with Crippen LogP contribution >= 0.6 is 0 Å². The molecule has 1 aromatic carbocycles. The van der Waals surface area contributed by atoms with E-state index in [2.05, 4.69) is 10.2 Å². The maximum Gasteiger partial charge on any atom is 0.255 e. The normalized spacial score (nSPS) is 24.4. The monoisotopic (exact) mass is 373 g/mol. The summed E-state index contributed by atoms with van der Waals surface area (Å²) in [4.78, 5) is 39.7. The van der Waals surface area contributed by atoms with Crippen molar-refractivity contribution in [3.8, 4) is 5.75 Å². The molecule has 144 valence electrons. The first-order valence-electron chi connectivity index (χ1n) is 9.17. The number of likely N-dealkylation sites (tertiary alicyclic amines) is 1. The third-order valence-electron chi connectivity index (χ3n) is 5.30. The third-order valence-corrected chi connectivity index (χ3v) is 5.30. The van der Waals surface area contributed by atoms with Crippen molar-refractivity contribution in [1.29, 1.82) is 0 Å². The van der Waals surface area contributed by atoms with Gasteiger partial charge in [-0.1, -0.05) is 0 Å². The molecule has 2 fully saturated rings. The summed E-state index contributed by atoms with van der Waals surface area (Å²) < 4.78 is 5.78. The number of rotatable bonds is 5. The van der Waals surface area contributed by atoms with Gasteiger partial charge in [-0.15, -0.1) is 0 Å². The first-order chi connectivity index (χ1) is 12.8. The molecular formula is C19H23N3O5. The van der Waals surface area contributed by atoms with Crippen LogP contribution < -0.4 is 10.1 Å². The topological polar surface area (TPSA) is 99.2 Å². The number of benzene rings is 1. The van der Waals surface area contributed by atoms with E-state index in [1.165, 1.54) is 4.90 Å². The summed E-state index contributed by atoms with van der Waals surface area (Å²) >= 11 is 0. The van der Waals surface area contributed by atoms with Gasteiger partial charge in [-0.25, -0.2) is 0 Å². The molecule has 1 atom stereocenters. The number of imide groups is 1. The summed E-state index contributed by atoms with van der Waals surface area (Å²) in [7, 11) is 0. The Labute approximate surface area is 157 Å². The number of carbonyl (C=O) groups is 3. The summed E-state index contributed by atoms with van der Waals surface area (Å²) in [5.41, 5.74) is 0.813. The van der Waals surface area contributed by atoms with Crippen molar-refractivity contribution in [3.05, 3.63) is 29.3 Å². The average molecular weight is 373 g/mol. The molecule has 0 saturated carbocycles. The Hall–Kier alpha value is -2.45. The van der Waals surface area contributed by atoms with Crippen LogP contribution in [0.4, 0.5) is 0 Å². The first kappa shape index (κ1) is 17.9. The molecule has 4 rings (SSSR count). The zero-order valence-corrected chi connectivity index (χ0v) is 15.2. The van der Waals surface area contributed by atoms with Gasteiger partial charge in [0.25, 0.3) is 5.91 Å². The number of hydrogen-bond donors (Lipinski definition) is 2. The van der Waals surface area contributed by atoms with Crippen LogP contribution in [0.5, 0.6) is 5.75 Å². The maximum atomic E-state index is 12.6. The molecule has 0 radical (unpaired) electrons. The Bertz CT molecular complexity index is 799. The smallest absolute Gasteiger partial charge is 0.255 e. The fraction of sp³-hybridized carbons (Fsp3) is 0.526. The Morgan fingerprint density at radius 2 is 2.07 bits per heavy atom. The van der Waals surface area contributed by atoms with Gasteiger partial charge in [-0.2, -0.15) is 0 Å². The lowest BCUT2D eigenvalue weighted by atomic mass is 9.97. The molecule has 3 aliphatic heterocycles. The number of β-amino-alcohol motifs (C(OH)–C–C–N with tert-alkyl or cyclic N) is 1. The van der Waals surface area contributed by atoms with Gasteiger partial charge in [0.15, 0.2) is 0 Å². The quantitative estimate of drug-likeness (QED) is 0.699. The minimum absolute atomic E-state index is 0.186. The molecule has 1 unspecified atom stereocenters. The van der Waals surface area contributed by atoms with Crippen LogP contribution in [0.15, 0.2) is 18.2 Å². The van der Waals surface area contributed by atoms with Crippen molar-refractivity contribution < 1.29 is 24.2 Å². The largest absolute Gasteiger partial charge is 0.492 e. The summed E-state index contributed by atoms with van der Waals surface area (Å²) in [6.45, 7) is 4.68. The van der Waals surface area contributed by atoms with E-state index in [1.54, 1.807) is 12.1 Å². The average Bonchev–Trinajstić information content (AvgIpc) is 2.89. The number of ether oxygens (including phenoxy) is 1. The number of piperidine rings is 1. The molecule has 3 aliphatic rings. The molecular weight excluding hydrogens is 350 g/mol. The second-order valence-corrected chi connectivity index (χ2v) is 7.77. The summed E-state index contributed by atoms with van der Waals surface area (Å²) in [5, 5.41) is 12.0. The molecule has 2 N–H and O–H groups in total. The van der Waals surface area contributed by atoms with Crippen molar-refractivity contribution in [2.45, 2.75) is 38.0 Å². The van der Waals surface area contributed by atoms with Crippen LogP contribution in [0.25, 0.3) is 0 Å². The van der Waals surface area contributed by atoms with E-state index in [9.17, 15) is 19.5 Å². The van der Waals surface area contributed by atoms with Gasteiger partial charge in [-0.05, 0) is 37.1 Å². The second-order valence-electron chi connectivity index (χ2n) is 7.77. The summed E-state index contributed by atoms with van der Waals surface area (Å²) in [6.07, 6.45) is 0.599. The van der Waals surface area contributed by atoms with Crippen molar-refractivity contribution in [1.82, 2.24) is 15.1 Å². The number of amides is 3. The minimum Gasteiger partial charge on any atom is -0.492 e. The fourth-order valence-electron chi connectivity index (χ4n) is 4.01. The highest BCUT2D eigenvalue weighted by molar-refractivity contribution is 6.05. The highest BCUT2D eigenvalue weighted by atomic mass is 16.5. The van der Waals surface area contributed by atoms with Crippen molar-refractivity contribution in [2.24, 2.45) is 0 Å². The molecule has 3 amide bonds. The van der Waals surface area contributed by atoms with E-state index >= 15 is 0 Å². The van der Waals surface area contributed by atoms with E-state index in [0.717, 1.165) is 12.1 Å². The van der Waals surface area contributed by atoms with Crippen LogP contribution in [0.1, 0.15) is 35.7 Å². The second kappa shape index (κ2) is 6.61. The number of nitrogens with one attached hydrogen (secondary N) is 1. The molecule has 0 aromatic heterocycles. The van der Waals surface area contributed by atoms with Crippen LogP contribution in [-0.4, -0.2) is 70.5 Å². The molecule has 0 aliphatic carbocycles. The summed E-state index contributed by atoms with van der Waals surface area (Å²) in [6, 6.07) is 4.72.